The maximum Gasteiger partial charge on any atom is 1.00 e. The molecule has 9 amide bonds. The van der Waals surface area contributed by atoms with Gasteiger partial charge in [0.2, 0.25) is 88.7 Å². The second kappa shape index (κ2) is 48.1. The number of β-lactam (4-membered cyclic amide) rings is 4. The third kappa shape index (κ3) is 32.9. The molecule has 0 aliphatic carbocycles. The Morgan fingerprint density at radius 1 is 0.532 bits per heavy atom. The van der Waals surface area contributed by atoms with Crippen molar-refractivity contribution in [3.8, 4) is 5.75 Å². The summed E-state index contributed by atoms with van der Waals surface area (Å²) in [6, 6.07) is -6.85. The number of nitrogens with two attached hydrogens (primary N) is 5. The van der Waals surface area contributed by atoms with Crippen LogP contribution in [0.25, 0.3) is 0 Å². The predicted molar refractivity (Wildman–Crippen MR) is 387 cm³/mol. The van der Waals surface area contributed by atoms with Gasteiger partial charge in [-0.3, -0.25) is 66.1 Å². The molecule has 5 aromatic rings. The van der Waals surface area contributed by atoms with Crippen LogP contribution in [-0.2, 0) is 142 Å². The van der Waals surface area contributed by atoms with Crippen LogP contribution < -0.4 is 281 Å². The number of carbonyl (C=O) groups excluding carboxylic acids is 9. The molecule has 0 saturated carbocycles. The third-order valence-electron chi connectivity index (χ3n) is 15.2. The molecule has 0 spiro atoms. The molecule has 0 unspecified atom stereocenters. The fourth-order valence-corrected chi connectivity index (χ4v) is 13.3. The average Bonchev–Trinajstić information content (AvgIpc) is 0.785. The van der Waals surface area contributed by atoms with Crippen molar-refractivity contribution in [1.29, 1.82) is 0 Å². The smallest absolute Gasteiger partial charge is 0.724 e. The monoisotopic (exact) mass is 2040 g/mol. The zero-order valence-electron chi connectivity index (χ0n) is 66.1. The van der Waals surface area contributed by atoms with E-state index in [1.54, 1.807) is 0 Å². The van der Waals surface area contributed by atoms with Crippen LogP contribution in [0.15, 0.2) is 59.2 Å². The maximum absolute atomic E-state index is 12.9. The Morgan fingerprint density at radius 2 is 0.865 bits per heavy atom. The molecule has 9 heterocycles. The number of aromatic amines is 4. The Bertz CT molecular complexity index is 5630. The molecule has 73 heteroatoms. The second-order valence-corrected chi connectivity index (χ2v) is 32.7. The van der Waals surface area contributed by atoms with E-state index in [1.807, 2.05) is 0 Å². The minimum atomic E-state index is -5.36. The Balaban J connectivity index is 0.000000564. The van der Waals surface area contributed by atoms with Crippen LogP contribution in [0.3, 0.4) is 0 Å². The number of pyridine rings is 1. The number of aromatic nitrogens is 5. The van der Waals surface area contributed by atoms with Crippen molar-refractivity contribution in [1.82, 2.24) is 46.3 Å². The fourth-order valence-electron chi connectivity index (χ4n) is 9.33. The summed E-state index contributed by atoms with van der Waals surface area (Å²) < 4.78 is 150. The first kappa shape index (κ1) is 116. The topological polar surface area (TPSA) is 937 Å². The Labute approximate surface area is 891 Å². The van der Waals surface area contributed by atoms with Crippen LogP contribution in [-0.4, -0.2) is 269 Å². The molecule has 6 atom stereocenters. The fraction of sp³-hybridized carbons (Fsp3) is 0.377. The van der Waals surface area contributed by atoms with Crippen molar-refractivity contribution < 1.29 is 402 Å². The zero-order valence-corrected chi connectivity index (χ0v) is 85.1. The van der Waals surface area contributed by atoms with Gasteiger partial charge >= 0.3 is 250 Å². The number of aliphatic carboxylic acids is 3. The number of primary amides is 1. The van der Waals surface area contributed by atoms with Crippen LogP contribution in [0, 0.1) is 0 Å². The van der Waals surface area contributed by atoms with E-state index in [2.05, 4.69) is 93.4 Å². The van der Waals surface area contributed by atoms with E-state index < -0.39 is 226 Å². The number of thiazole rings is 4. The number of hydrogen-bond donors (Lipinski definition) is 14. The van der Waals surface area contributed by atoms with Crippen molar-refractivity contribution in [3.63, 3.8) is 0 Å². The quantitative estimate of drug-likeness (QED) is 0.00346. The molecule has 4 saturated heterocycles. The number of nitrogens with one attached hydrogen (secondary N) is 8. The van der Waals surface area contributed by atoms with E-state index in [-0.39, 0.29) is 260 Å². The minimum absolute atomic E-state index is 0. The van der Waals surface area contributed by atoms with Crippen molar-refractivity contribution >= 4 is 202 Å². The van der Waals surface area contributed by atoms with Crippen molar-refractivity contribution in [2.45, 2.75) is 108 Å². The number of nitrogen functional groups attached to an aromatic ring is 4. The van der Waals surface area contributed by atoms with Gasteiger partial charge in [0.15, 0.2) is 35.1 Å². The zero-order chi connectivity index (χ0) is 92.2. The number of oxime groups is 4. The Hall–Kier alpha value is -6.38. The normalized spacial score (nSPS) is 18.3. The number of anilines is 4. The van der Waals surface area contributed by atoms with E-state index in [4.69, 9.17) is 53.7 Å². The summed E-state index contributed by atoms with van der Waals surface area (Å²) in [5, 5.41) is 76.0. The minimum Gasteiger partial charge on any atom is -0.724 e. The van der Waals surface area contributed by atoms with Gasteiger partial charge in [-0.1, -0.05) is 66.0 Å². The first-order valence-electron chi connectivity index (χ1n) is 32.0. The Morgan fingerprint density at radius 3 is 1.18 bits per heavy atom. The standard InChI is InChI=1S/C16H18N6O10S2.C13H17N5O9S2.C12H14N6O11S2.C12H15N5O9S2.4K/c1-16(2)12(14(26)22(16)32-34(28,29)30)19-13(25)11(8-6-33-15(17)18-8)20-31-5-7-3-9(23)10(24)4-21(7)27;1-5-7(10(20)18(5)27-29(23,24)25)16-9(19)8(6-4-28-12(14)15-6)17-26-13(2,3)11(21)22;13-11-15-4(3-30-11)7(17-28-2-6(19)20)9(21)16-8-5(1-27-12(14)23)18(10(8)22)29-31(24,25)26;1-12(2)8(10(21)17(12)26-28(22,23)24)15-9(20)7(16-25-3-6(18)19)5-4-27-11(13)14-5;;;;/h3-4,6,12,24,27H,5H2,1-2H3,(H2,17,18)(H,19,25)(H,28,29,30);4-5,7H,1-3H3,(H2,14,15)(H,16,19)(H,21,22)(H,23,24,25);3,5,8H,1-2H2,(H2,13,15)(H2,14,23)(H,16,21)(H,19,20)(H,24,25,26);4,8H,3H2,1-2H3,(H2,13,14)(H,15,20)(H,18,19)(H,22,23,24);;;;/q;;;;4*+1/b20-11-;17-8-;17-7-;16-7-;;;;/t12-;5-,7-;5-,8+;8-;;;;/m1011..../s1. The second-order valence-electron chi connectivity index (χ2n) is 25.2. The molecule has 61 nitrogen and oxygen atoms in total. The predicted octanol–water partition coefficient (Wildman–Crippen LogP) is -22.9. The van der Waals surface area contributed by atoms with E-state index in [0.717, 1.165) is 57.6 Å². The van der Waals surface area contributed by atoms with Gasteiger partial charge in [-0.2, -0.15) is 42.1 Å². The van der Waals surface area contributed by atoms with Gasteiger partial charge in [0.25, 0.3) is 47.3 Å². The van der Waals surface area contributed by atoms with Crippen LogP contribution in [0.4, 0.5) is 25.3 Å². The van der Waals surface area contributed by atoms with E-state index in [9.17, 15) is 125 Å². The summed E-state index contributed by atoms with van der Waals surface area (Å²) in [5.41, 5.74) is 20.2. The maximum atomic E-state index is 12.9. The Kier molecular flexibility index (Phi) is 44.2. The van der Waals surface area contributed by atoms with Gasteiger partial charge in [-0.05, 0) is 48.5 Å². The number of carboxylic acids is 3. The summed E-state index contributed by atoms with van der Waals surface area (Å²) in [5.74, 6) is -12.8. The molecule has 0 radical (unpaired) electrons. The van der Waals surface area contributed by atoms with Gasteiger partial charge in [0.05, 0.1) is 23.3 Å². The van der Waals surface area contributed by atoms with Gasteiger partial charge in [-0.15, -0.1) is 0 Å². The molecule has 9 rings (SSSR count). The van der Waals surface area contributed by atoms with Gasteiger partial charge < -0.3 is 94.9 Å². The number of amides is 9. The van der Waals surface area contributed by atoms with Gasteiger partial charge in [0.1, 0.15) is 42.5 Å². The van der Waals surface area contributed by atoms with Crippen LogP contribution in [0.2, 0.25) is 0 Å². The SMILES string of the molecule is CC1(C)[C@H](NC(=O)/C(=N\OCC(=O)O)c2csc(N)[nH+]2)C(=O)N1OS(=O)(=O)[O-].CC1(C)[C@H](NC(=O)/C(=N\OCc2cc(=O)c(O)cn2O)c2csc(N)[nH+]2)C(=O)N1OS(=O)(=O)[O-].C[C@H]1[C@H](NC(=O)/C(=N\OC(C)(C)C(=O)O)c2csc(N)[nH+]2)C(=O)N1OS(=O)(=O)[O-].NC(=O)OC[C@@H]1[C@H](NC(=O)/C(=N\OCC(=O)O)c2csc(N)[nH+]2)C(=O)N1OS(=O)(=O)[O-].[K+].[K+].[K+].[K+]. The van der Waals surface area contributed by atoms with E-state index >= 15 is 0 Å². The number of ether oxygens (including phenoxy) is 1. The molecule has 668 valence electrons. The van der Waals surface area contributed by atoms with Crippen LogP contribution >= 0.6 is 45.3 Å². The summed E-state index contributed by atoms with van der Waals surface area (Å²) in [6.07, 6.45) is -0.548. The van der Waals surface area contributed by atoms with Crippen molar-refractivity contribution in [2.24, 2.45) is 26.4 Å². The van der Waals surface area contributed by atoms with Gasteiger partial charge in [0, 0.05) is 27.6 Å². The molecular formula is C53H64K4N22O39S8+4. The molecule has 4 aliphatic rings. The molecule has 4 fully saturated rings. The third-order valence-corrected chi connectivity index (χ3v) is 19.4. The first-order chi connectivity index (χ1) is 56.1. The van der Waals surface area contributed by atoms with Crippen LogP contribution in [0.5, 0.6) is 5.75 Å². The molecule has 126 heavy (non-hydrogen) atoms. The molecule has 0 aromatic carbocycles. The largest absolute Gasteiger partial charge is 1.00 e. The molecule has 5 aromatic heterocycles. The molecule has 0 bridgehead atoms. The number of H-pyrrole nitrogens is 4. The number of rotatable bonds is 34. The number of carboxylic acid groups (broad SMARTS) is 3. The molecule has 4 aliphatic heterocycles. The number of hydroxylamine groups is 8. The van der Waals surface area contributed by atoms with Crippen molar-refractivity contribution in [2.75, 3.05) is 42.8 Å². The first-order valence-corrected chi connectivity index (χ1v) is 40.8. The molecular weight excluding hydrogens is 1980 g/mol. The van der Waals surface area contributed by atoms with Gasteiger partial charge in [-0.25, -0.2) is 72.8 Å². The van der Waals surface area contributed by atoms with E-state index in [0.29, 0.717) is 19.9 Å². The average molecular weight is 2050 g/mol. The summed E-state index contributed by atoms with van der Waals surface area (Å²) in [7, 11) is -20.9. The number of carbonyl (C=O) groups is 12. The summed E-state index contributed by atoms with van der Waals surface area (Å²) in [4.78, 5) is 183. The summed E-state index contributed by atoms with van der Waals surface area (Å²) in [6.45, 7) is 6.16. The van der Waals surface area contributed by atoms with Crippen LogP contribution in [0.1, 0.15) is 76.9 Å². The number of hydrogen-bond acceptors (Lipinski definition) is 48. The van der Waals surface area contributed by atoms with E-state index in [1.165, 1.54) is 70.0 Å². The molecule has 23 N–H and O–H groups in total. The number of aromatic hydroxyl groups is 1. The summed E-state index contributed by atoms with van der Waals surface area (Å²) >= 11 is 4.05. The number of nitrogens with zero attached hydrogens (tertiary/aromatic N) is 9. The van der Waals surface area contributed by atoms with Crippen molar-refractivity contribution in [3.05, 3.63) is 72.5 Å².